The number of nitrogens with zero attached hydrogens (tertiary/aromatic N) is 2. The van der Waals surface area contributed by atoms with Crippen LogP contribution in [-0.4, -0.2) is 30.3 Å². The maximum atomic E-state index is 12.3. The number of para-hydroxylation sites is 2. The Morgan fingerprint density at radius 1 is 1.08 bits per heavy atom. The second kappa shape index (κ2) is 7.51. The van der Waals surface area contributed by atoms with Crippen molar-refractivity contribution in [2.75, 3.05) is 17.8 Å². The number of anilines is 2. The van der Waals surface area contributed by atoms with Crippen molar-refractivity contribution in [3.63, 3.8) is 0 Å². The van der Waals surface area contributed by atoms with Crippen LogP contribution < -0.4 is 5.32 Å². The van der Waals surface area contributed by atoms with E-state index in [2.05, 4.69) is 14.7 Å². The number of hydrogen-bond donors (Lipinski definition) is 1. The van der Waals surface area contributed by atoms with E-state index in [4.69, 9.17) is 4.42 Å². The monoisotopic (exact) mass is 393 g/mol. The van der Waals surface area contributed by atoms with Gasteiger partial charge in [-0.3, -0.25) is 0 Å². The summed E-state index contributed by atoms with van der Waals surface area (Å²) < 4.78 is 34.5. The molecule has 0 unspecified atom stereocenters. The number of nitrogens with one attached hydrogen (secondary N) is 1. The second-order valence-electron chi connectivity index (χ2n) is 4.88. The first kappa shape index (κ1) is 17.8. The molecule has 0 saturated carbocycles. The number of sulfonamides is 1. The second-order valence-corrected chi connectivity index (χ2v) is 8.33. The van der Waals surface area contributed by atoms with Gasteiger partial charge in [-0.2, -0.15) is 13.4 Å². The fraction of sp³-hybridized carbons (Fsp3) is 0.125. The zero-order valence-electron chi connectivity index (χ0n) is 13.5. The smallest absolute Gasteiger partial charge is 0.300 e. The van der Waals surface area contributed by atoms with E-state index in [1.807, 2.05) is 24.3 Å². The number of fused-ring (bicyclic) bond motifs is 1. The molecule has 3 aromatic rings. The van der Waals surface area contributed by atoms with Crippen LogP contribution in [0, 0.1) is 0 Å². The maximum absolute atomic E-state index is 12.3. The number of hydrogen-bond acceptors (Lipinski definition) is 7. The van der Waals surface area contributed by atoms with Crippen molar-refractivity contribution >= 4 is 60.7 Å². The molecule has 0 atom stereocenters. The molecule has 1 heterocycles. The lowest BCUT2D eigenvalue weighted by molar-refractivity contribution is 0.598. The van der Waals surface area contributed by atoms with Crippen LogP contribution in [-0.2, 0) is 10.0 Å². The Bertz CT molecular complexity index is 973. The van der Waals surface area contributed by atoms with E-state index in [1.165, 1.54) is 35.7 Å². The van der Waals surface area contributed by atoms with E-state index in [9.17, 15) is 8.42 Å². The van der Waals surface area contributed by atoms with Gasteiger partial charge in [-0.1, -0.05) is 12.1 Å². The minimum absolute atomic E-state index is 0.135. The lowest BCUT2D eigenvalue weighted by Crippen LogP contribution is -2.00. The van der Waals surface area contributed by atoms with Crippen LogP contribution in [0.4, 0.5) is 11.7 Å². The molecule has 2 aromatic carbocycles. The number of rotatable bonds is 4. The quantitative estimate of drug-likeness (QED) is 0.521. The molecule has 1 aromatic heterocycles. The Balaban J connectivity index is 1.81. The molecular formula is C16H15N3O3S3. The number of thioether (sulfide) groups is 2. The first-order valence-electron chi connectivity index (χ1n) is 7.17. The molecule has 0 bridgehead atoms. The predicted octanol–water partition coefficient (Wildman–Crippen LogP) is 4.34. The van der Waals surface area contributed by atoms with Gasteiger partial charge in [0.2, 0.25) is 0 Å². The largest absolute Gasteiger partial charge is 0.423 e. The summed E-state index contributed by atoms with van der Waals surface area (Å²) >= 11 is 2.60. The first-order chi connectivity index (χ1) is 12.0. The standard InChI is InChI=1S/C16H15N3O3S3/c1-23-16(24-2)19-25(20,21)12-9-7-11(8-10-12)17-15-18-13-5-3-4-6-14(13)22-15/h3-10H,1-2H3,(H,17,18). The molecule has 9 heteroatoms. The summed E-state index contributed by atoms with van der Waals surface area (Å²) in [6, 6.07) is 14.1. The highest BCUT2D eigenvalue weighted by Gasteiger charge is 2.14. The van der Waals surface area contributed by atoms with Gasteiger partial charge in [0.1, 0.15) is 9.89 Å². The number of benzene rings is 2. The fourth-order valence-electron chi connectivity index (χ4n) is 2.07. The molecule has 0 spiro atoms. The molecule has 6 nitrogen and oxygen atoms in total. The molecule has 25 heavy (non-hydrogen) atoms. The Morgan fingerprint density at radius 3 is 2.40 bits per heavy atom. The third-order valence-electron chi connectivity index (χ3n) is 3.24. The molecule has 3 rings (SSSR count). The molecule has 1 N–H and O–H groups in total. The van der Waals surface area contributed by atoms with Crippen molar-refractivity contribution in [1.82, 2.24) is 4.98 Å². The van der Waals surface area contributed by atoms with Crippen LogP contribution in [0.15, 0.2) is 62.2 Å². The van der Waals surface area contributed by atoms with E-state index >= 15 is 0 Å². The average molecular weight is 394 g/mol. The van der Waals surface area contributed by atoms with Crippen molar-refractivity contribution in [1.29, 1.82) is 0 Å². The average Bonchev–Trinajstić information content (AvgIpc) is 3.02. The third kappa shape index (κ3) is 4.17. The summed E-state index contributed by atoms with van der Waals surface area (Å²) in [5.74, 6) is 0. The van der Waals surface area contributed by atoms with Gasteiger partial charge in [-0.25, -0.2) is 0 Å². The fourth-order valence-corrected chi connectivity index (χ4v) is 4.70. The highest BCUT2D eigenvalue weighted by Crippen LogP contribution is 2.24. The summed E-state index contributed by atoms with van der Waals surface area (Å²) in [5, 5.41) is 3.02. The zero-order valence-corrected chi connectivity index (χ0v) is 15.9. The summed E-state index contributed by atoms with van der Waals surface area (Å²) in [6.07, 6.45) is 3.58. The Hall–Kier alpha value is -1.97. The van der Waals surface area contributed by atoms with Gasteiger partial charge in [0.15, 0.2) is 5.58 Å². The van der Waals surface area contributed by atoms with Crippen LogP contribution >= 0.6 is 23.5 Å². The van der Waals surface area contributed by atoms with Crippen LogP contribution in [0.25, 0.3) is 11.1 Å². The lowest BCUT2D eigenvalue weighted by atomic mass is 10.3. The van der Waals surface area contributed by atoms with Gasteiger partial charge in [-0.15, -0.1) is 27.9 Å². The van der Waals surface area contributed by atoms with Crippen molar-refractivity contribution in [3.05, 3.63) is 48.5 Å². The molecule has 0 saturated heterocycles. The summed E-state index contributed by atoms with van der Waals surface area (Å²) in [4.78, 5) is 4.45. The van der Waals surface area contributed by atoms with Gasteiger partial charge in [0, 0.05) is 5.69 Å². The van der Waals surface area contributed by atoms with E-state index < -0.39 is 10.0 Å². The Kier molecular flexibility index (Phi) is 5.36. The predicted molar refractivity (Wildman–Crippen MR) is 105 cm³/mol. The number of oxazole rings is 1. The third-order valence-corrected chi connectivity index (χ3v) is 6.64. The SMILES string of the molecule is CSC(=NS(=O)(=O)c1ccc(Nc2nc3ccccc3o2)cc1)SC. The Morgan fingerprint density at radius 2 is 1.76 bits per heavy atom. The van der Waals surface area contributed by atoms with Crippen molar-refractivity contribution in [2.24, 2.45) is 4.40 Å². The van der Waals surface area contributed by atoms with Gasteiger partial charge < -0.3 is 9.73 Å². The van der Waals surface area contributed by atoms with Crippen molar-refractivity contribution < 1.29 is 12.8 Å². The summed E-state index contributed by atoms with van der Waals surface area (Å²) in [5.41, 5.74) is 2.10. The lowest BCUT2D eigenvalue weighted by Gasteiger charge is -2.04. The minimum Gasteiger partial charge on any atom is -0.423 e. The molecule has 0 amide bonds. The van der Waals surface area contributed by atoms with Crippen molar-refractivity contribution in [2.45, 2.75) is 4.90 Å². The molecular weight excluding hydrogens is 378 g/mol. The van der Waals surface area contributed by atoms with Crippen LogP contribution in [0.1, 0.15) is 0 Å². The summed E-state index contributed by atoms with van der Waals surface area (Å²) in [7, 11) is -3.71. The van der Waals surface area contributed by atoms with Gasteiger partial charge >= 0.3 is 0 Å². The molecule has 130 valence electrons. The molecule has 0 fully saturated rings. The summed E-state index contributed by atoms with van der Waals surface area (Å²) in [6.45, 7) is 0. The van der Waals surface area contributed by atoms with Gasteiger partial charge in [0.05, 0.1) is 4.90 Å². The molecule has 0 radical (unpaired) electrons. The first-order valence-corrected chi connectivity index (χ1v) is 11.1. The van der Waals surface area contributed by atoms with Gasteiger partial charge in [0.25, 0.3) is 16.0 Å². The maximum Gasteiger partial charge on any atom is 0.300 e. The van der Waals surface area contributed by atoms with E-state index in [0.717, 1.165) is 5.52 Å². The zero-order chi connectivity index (χ0) is 17.9. The highest BCUT2D eigenvalue weighted by molar-refractivity contribution is 8.38. The molecule has 0 aliphatic heterocycles. The van der Waals surface area contributed by atoms with Gasteiger partial charge in [-0.05, 0) is 48.9 Å². The highest BCUT2D eigenvalue weighted by atomic mass is 32.2. The van der Waals surface area contributed by atoms with E-state index in [-0.39, 0.29) is 4.90 Å². The van der Waals surface area contributed by atoms with Crippen LogP contribution in [0.5, 0.6) is 0 Å². The van der Waals surface area contributed by atoms with E-state index in [1.54, 1.807) is 24.6 Å². The van der Waals surface area contributed by atoms with Crippen LogP contribution in [0.2, 0.25) is 0 Å². The minimum atomic E-state index is -3.71. The van der Waals surface area contributed by atoms with E-state index in [0.29, 0.717) is 21.7 Å². The number of aromatic nitrogens is 1. The topological polar surface area (TPSA) is 84.6 Å². The molecule has 0 aliphatic carbocycles. The normalized spacial score (nSPS) is 11.4. The molecule has 0 aliphatic rings. The van der Waals surface area contributed by atoms with Crippen molar-refractivity contribution in [3.8, 4) is 0 Å². The van der Waals surface area contributed by atoms with Crippen LogP contribution in [0.3, 0.4) is 0 Å². The Labute approximate surface area is 154 Å².